The van der Waals surface area contributed by atoms with Crippen molar-refractivity contribution in [2.75, 3.05) is 6.54 Å². The third kappa shape index (κ3) is 7.30. The summed E-state index contributed by atoms with van der Waals surface area (Å²) in [6, 6.07) is 0. The van der Waals surface area contributed by atoms with E-state index in [-0.39, 0.29) is 17.7 Å². The van der Waals surface area contributed by atoms with Crippen molar-refractivity contribution in [3.05, 3.63) is 0 Å². The van der Waals surface area contributed by atoms with Gasteiger partial charge >= 0.3 is 5.97 Å². The van der Waals surface area contributed by atoms with Gasteiger partial charge in [0.15, 0.2) is 0 Å². The van der Waals surface area contributed by atoms with E-state index in [0.29, 0.717) is 6.54 Å². The predicted octanol–water partition coefficient (Wildman–Crippen LogP) is 2.68. The average Bonchev–Trinajstić information content (AvgIpc) is 2.09. The number of carbonyl (C=O) groups is 2. The van der Waals surface area contributed by atoms with E-state index in [0.717, 1.165) is 6.42 Å². The van der Waals surface area contributed by atoms with Crippen molar-refractivity contribution >= 4 is 11.9 Å². The SMILES string of the molecule is CC(C)(C)CCNC(=O)CC(C(=O)O)C(C)(C)C. The Balaban J connectivity index is 4.25. The summed E-state index contributed by atoms with van der Waals surface area (Å²) in [5.74, 6) is -1.73. The summed E-state index contributed by atoms with van der Waals surface area (Å²) in [7, 11) is 0. The second-order valence-corrected chi connectivity index (χ2v) is 7.12. The molecule has 0 saturated carbocycles. The van der Waals surface area contributed by atoms with Crippen molar-refractivity contribution < 1.29 is 14.7 Å². The van der Waals surface area contributed by atoms with Crippen molar-refractivity contribution in [1.29, 1.82) is 0 Å². The van der Waals surface area contributed by atoms with Crippen LogP contribution in [0.2, 0.25) is 0 Å². The Kier molecular flexibility index (Phi) is 5.84. The molecule has 1 atom stereocenters. The van der Waals surface area contributed by atoms with Gasteiger partial charge in [-0.25, -0.2) is 0 Å². The number of amides is 1. The minimum Gasteiger partial charge on any atom is -0.481 e. The maximum atomic E-state index is 11.7. The molecule has 0 heterocycles. The van der Waals surface area contributed by atoms with E-state index in [4.69, 9.17) is 5.11 Å². The summed E-state index contributed by atoms with van der Waals surface area (Å²) in [6.07, 6.45) is 0.926. The van der Waals surface area contributed by atoms with Crippen molar-refractivity contribution in [1.82, 2.24) is 5.32 Å². The van der Waals surface area contributed by atoms with E-state index in [1.54, 1.807) is 0 Å². The van der Waals surface area contributed by atoms with Crippen LogP contribution in [-0.2, 0) is 9.59 Å². The average molecular weight is 257 g/mol. The highest BCUT2D eigenvalue weighted by Gasteiger charge is 2.32. The van der Waals surface area contributed by atoms with Crippen LogP contribution in [0.25, 0.3) is 0 Å². The number of rotatable bonds is 5. The van der Waals surface area contributed by atoms with E-state index in [1.165, 1.54) is 0 Å². The molecule has 0 fully saturated rings. The third-order valence-electron chi connectivity index (χ3n) is 2.93. The van der Waals surface area contributed by atoms with Gasteiger partial charge in [0.05, 0.1) is 5.92 Å². The number of hydrogen-bond donors (Lipinski definition) is 2. The van der Waals surface area contributed by atoms with E-state index in [2.05, 4.69) is 26.1 Å². The first-order chi connectivity index (χ1) is 7.93. The van der Waals surface area contributed by atoms with Gasteiger partial charge in [0.1, 0.15) is 0 Å². The molecule has 0 radical (unpaired) electrons. The summed E-state index contributed by atoms with van der Waals surface area (Å²) in [6.45, 7) is 12.4. The molecule has 1 unspecified atom stereocenters. The zero-order valence-corrected chi connectivity index (χ0v) is 12.5. The van der Waals surface area contributed by atoms with Crippen LogP contribution in [0, 0.1) is 16.7 Å². The van der Waals surface area contributed by atoms with Gasteiger partial charge in [0.25, 0.3) is 0 Å². The molecule has 0 bridgehead atoms. The van der Waals surface area contributed by atoms with Gasteiger partial charge in [0.2, 0.25) is 5.91 Å². The van der Waals surface area contributed by atoms with E-state index >= 15 is 0 Å². The van der Waals surface area contributed by atoms with Crippen molar-refractivity contribution in [3.63, 3.8) is 0 Å². The summed E-state index contributed by atoms with van der Waals surface area (Å²) in [5.41, 5.74) is -0.239. The van der Waals surface area contributed by atoms with Gasteiger partial charge in [-0.2, -0.15) is 0 Å². The van der Waals surface area contributed by atoms with Crippen LogP contribution < -0.4 is 5.32 Å². The van der Waals surface area contributed by atoms with Gasteiger partial charge in [-0.05, 0) is 17.3 Å². The largest absolute Gasteiger partial charge is 0.481 e. The lowest BCUT2D eigenvalue weighted by Crippen LogP contribution is -2.35. The second-order valence-electron chi connectivity index (χ2n) is 7.12. The van der Waals surface area contributed by atoms with Crippen LogP contribution in [0.15, 0.2) is 0 Å². The number of carbonyl (C=O) groups excluding carboxylic acids is 1. The van der Waals surface area contributed by atoms with E-state index in [1.807, 2.05) is 20.8 Å². The molecule has 4 nitrogen and oxygen atoms in total. The fourth-order valence-corrected chi connectivity index (χ4v) is 1.60. The molecule has 0 aromatic heterocycles. The summed E-state index contributed by atoms with van der Waals surface area (Å²) >= 11 is 0. The Labute approximate surface area is 110 Å². The molecule has 106 valence electrons. The summed E-state index contributed by atoms with van der Waals surface area (Å²) < 4.78 is 0. The van der Waals surface area contributed by atoms with Gasteiger partial charge in [-0.15, -0.1) is 0 Å². The zero-order valence-electron chi connectivity index (χ0n) is 12.5. The molecule has 0 aliphatic carbocycles. The van der Waals surface area contributed by atoms with E-state index < -0.39 is 17.3 Å². The number of aliphatic carboxylic acids is 1. The first-order valence-electron chi connectivity index (χ1n) is 6.43. The molecule has 1 amide bonds. The fraction of sp³-hybridized carbons (Fsp3) is 0.857. The Bertz CT molecular complexity index is 297. The van der Waals surface area contributed by atoms with Gasteiger partial charge in [-0.1, -0.05) is 41.5 Å². The maximum absolute atomic E-state index is 11.7. The van der Waals surface area contributed by atoms with Crippen LogP contribution in [0.4, 0.5) is 0 Å². The number of nitrogens with one attached hydrogen (secondary N) is 1. The summed E-state index contributed by atoms with van der Waals surface area (Å²) in [5, 5.41) is 11.9. The molecule has 0 aromatic rings. The monoisotopic (exact) mass is 257 g/mol. The minimum atomic E-state index is -0.909. The lowest BCUT2D eigenvalue weighted by atomic mass is 9.78. The Hall–Kier alpha value is -1.06. The van der Waals surface area contributed by atoms with Crippen molar-refractivity contribution in [3.8, 4) is 0 Å². The molecular weight excluding hydrogens is 230 g/mol. The normalized spacial score (nSPS) is 14.1. The van der Waals surface area contributed by atoms with Crippen LogP contribution in [0.1, 0.15) is 54.4 Å². The second kappa shape index (κ2) is 6.21. The van der Waals surface area contributed by atoms with Crippen LogP contribution in [0.3, 0.4) is 0 Å². The standard InChI is InChI=1S/C14H27NO3/c1-13(2,3)7-8-15-11(16)9-10(12(17)18)14(4,5)6/h10H,7-9H2,1-6H3,(H,15,16)(H,17,18). The minimum absolute atomic E-state index is 0.0446. The van der Waals surface area contributed by atoms with Crippen LogP contribution in [-0.4, -0.2) is 23.5 Å². The highest BCUT2D eigenvalue weighted by molar-refractivity contribution is 5.82. The lowest BCUT2D eigenvalue weighted by molar-refractivity contribution is -0.148. The molecule has 0 rings (SSSR count). The first-order valence-corrected chi connectivity index (χ1v) is 6.43. The quantitative estimate of drug-likeness (QED) is 0.795. The van der Waals surface area contributed by atoms with Crippen molar-refractivity contribution in [2.24, 2.45) is 16.7 Å². The molecule has 0 spiro atoms. The topological polar surface area (TPSA) is 66.4 Å². The lowest BCUT2D eigenvalue weighted by Gasteiger charge is -2.26. The highest BCUT2D eigenvalue weighted by atomic mass is 16.4. The van der Waals surface area contributed by atoms with Gasteiger partial charge < -0.3 is 10.4 Å². The predicted molar refractivity (Wildman–Crippen MR) is 72.3 cm³/mol. The molecule has 18 heavy (non-hydrogen) atoms. The third-order valence-corrected chi connectivity index (χ3v) is 2.93. The molecule has 0 aliphatic heterocycles. The van der Waals surface area contributed by atoms with Crippen LogP contribution in [0.5, 0.6) is 0 Å². The number of hydrogen-bond acceptors (Lipinski definition) is 2. The number of carboxylic acid groups (broad SMARTS) is 1. The number of carboxylic acids is 1. The van der Waals surface area contributed by atoms with E-state index in [9.17, 15) is 9.59 Å². The van der Waals surface area contributed by atoms with Crippen LogP contribution >= 0.6 is 0 Å². The Morgan fingerprint density at radius 1 is 1.11 bits per heavy atom. The molecule has 0 saturated heterocycles. The zero-order chi connectivity index (χ0) is 14.6. The van der Waals surface area contributed by atoms with Gasteiger partial charge in [0, 0.05) is 13.0 Å². The first kappa shape index (κ1) is 16.9. The molecule has 2 N–H and O–H groups in total. The molecule has 4 heteroatoms. The maximum Gasteiger partial charge on any atom is 0.307 e. The molecule has 0 aromatic carbocycles. The molecule has 0 aliphatic rings. The Morgan fingerprint density at radius 2 is 1.61 bits per heavy atom. The highest BCUT2D eigenvalue weighted by Crippen LogP contribution is 2.28. The smallest absolute Gasteiger partial charge is 0.307 e. The van der Waals surface area contributed by atoms with Gasteiger partial charge in [-0.3, -0.25) is 9.59 Å². The molecular formula is C14H27NO3. The summed E-state index contributed by atoms with van der Waals surface area (Å²) in [4.78, 5) is 22.9. The Morgan fingerprint density at radius 3 is 1.94 bits per heavy atom. The van der Waals surface area contributed by atoms with Crippen molar-refractivity contribution in [2.45, 2.75) is 54.4 Å². The fourth-order valence-electron chi connectivity index (χ4n) is 1.60.